The first-order valence-electron chi connectivity index (χ1n) is 43.2. The van der Waals surface area contributed by atoms with Crippen LogP contribution in [0.3, 0.4) is 0 Å². The second-order valence-corrected chi connectivity index (χ2v) is 33.6. The van der Waals surface area contributed by atoms with Crippen LogP contribution in [0.4, 0.5) is 4.39 Å². The van der Waals surface area contributed by atoms with Crippen molar-refractivity contribution in [3.63, 3.8) is 0 Å². The number of carbonyl (C=O) groups excluding carboxylic acids is 13. The first kappa shape index (κ1) is 95.8. The molecule has 2 saturated heterocycles. The number of nitrogens with one attached hydrogen (secondary N) is 10. The van der Waals surface area contributed by atoms with E-state index in [0.717, 1.165) is 16.0 Å². The largest absolute Gasteiger partial charge is 0.497 e. The van der Waals surface area contributed by atoms with Crippen molar-refractivity contribution >= 4 is 93.7 Å². The third kappa shape index (κ3) is 28.0. The highest BCUT2D eigenvalue weighted by atomic mass is 19.1. The molecule has 12 N–H and O–H groups in total. The maximum Gasteiger partial charge on any atom is 0.303 e. The number of hydrogen-bond donors (Lipinski definition) is 12. The van der Waals surface area contributed by atoms with Crippen LogP contribution in [0, 0.1) is 5.82 Å². The molecular weight excluding hydrogens is 1620 g/mol. The van der Waals surface area contributed by atoms with Crippen LogP contribution in [0.25, 0.3) is 10.9 Å². The quantitative estimate of drug-likeness (QED) is 0.0342. The summed E-state index contributed by atoms with van der Waals surface area (Å²) in [5.74, 6) is -10.8. The van der Waals surface area contributed by atoms with Gasteiger partial charge in [-0.2, -0.15) is 0 Å². The van der Waals surface area contributed by atoms with Crippen LogP contribution in [0.5, 0.6) is 5.75 Å². The van der Waals surface area contributed by atoms with Gasteiger partial charge in [0.25, 0.3) is 0 Å². The number of aliphatic hydroxyl groups is 1. The van der Waals surface area contributed by atoms with Crippen molar-refractivity contribution in [1.29, 1.82) is 0 Å². The number of carboxylic acid groups (broad SMARTS) is 1. The summed E-state index contributed by atoms with van der Waals surface area (Å²) in [7, 11) is 5.41. The van der Waals surface area contributed by atoms with Crippen LogP contribution >= 0.6 is 0 Å². The lowest BCUT2D eigenvalue weighted by Gasteiger charge is -2.37. The second-order valence-electron chi connectivity index (χ2n) is 33.6. The molecule has 35 nitrogen and oxygen atoms in total. The maximum atomic E-state index is 16.3. The minimum absolute atomic E-state index is 0.0868. The van der Waals surface area contributed by atoms with Gasteiger partial charge >= 0.3 is 5.97 Å². The fourth-order valence-electron chi connectivity index (χ4n) is 16.2. The molecule has 0 saturated carbocycles. The van der Waals surface area contributed by atoms with Gasteiger partial charge in [0.1, 0.15) is 72.6 Å². The Labute approximate surface area is 726 Å². The predicted octanol–water partition coefficient (Wildman–Crippen LogP) is 1.17. The van der Waals surface area contributed by atoms with E-state index in [-0.39, 0.29) is 135 Å². The highest BCUT2D eigenvalue weighted by Crippen LogP contribution is 2.33. The molecule has 125 heavy (non-hydrogen) atoms. The Bertz CT molecular complexity index is 4640. The summed E-state index contributed by atoms with van der Waals surface area (Å²) in [5, 5.41) is 48.6. The van der Waals surface area contributed by atoms with E-state index in [1.54, 1.807) is 72.6 Å². The lowest BCUT2D eigenvalue weighted by Crippen LogP contribution is -2.64. The van der Waals surface area contributed by atoms with Gasteiger partial charge in [-0.15, -0.1) is 0 Å². The van der Waals surface area contributed by atoms with E-state index in [2.05, 4.69) is 53.2 Å². The fourth-order valence-corrected chi connectivity index (χ4v) is 16.2. The second kappa shape index (κ2) is 46.0. The first-order valence-corrected chi connectivity index (χ1v) is 43.2. The van der Waals surface area contributed by atoms with Crippen molar-refractivity contribution in [2.24, 2.45) is 0 Å². The highest BCUT2D eigenvalue weighted by molar-refractivity contribution is 6.00. The van der Waals surface area contributed by atoms with Crippen molar-refractivity contribution in [3.8, 4) is 5.75 Å². The molecule has 12 bridgehead atoms. The van der Waals surface area contributed by atoms with Crippen LogP contribution in [0.15, 0.2) is 97.2 Å². The normalized spacial score (nSPS) is 23.5. The van der Waals surface area contributed by atoms with Gasteiger partial charge in [-0.25, -0.2) is 4.39 Å². The van der Waals surface area contributed by atoms with Crippen molar-refractivity contribution in [2.75, 3.05) is 107 Å². The number of quaternary nitrogens is 1. The standard InChI is InChI=1S/C89H120FN15O20/c1-56-81(114)99-70(52-94-74(108)32-42-123-44-45-124-43-41-105(4,5)40-35-91-73(107)16-12-17-78(112)113)83(116)96-67-48-61-14-11-15-62(46-61)51-93-76(110)55-125-72-31-39-103-80(72)85(118)100-79(57(2)106)84(117)98-68(47-59-22-25-65(122-6)26-23-59)87(120)104-38-13-33-89(104,3)88(121)92-34-30-58-18-20-60(21-19-58)53-102(77(111)29-28-75(109)95-56)37-10-8-7-9-36-101-54-63(49-69(86(103)119)97-82(67)115)66-50-64(90)24-27-71(66)101/h11,14-15,18-27,46,50,54,56-57,67-70,72,79-80,106H,7-10,12-13,16-17,28-45,47-49,51-53,55H2,1-6H3,(H10-,91,92,93,94,95,96,97,98,99,100,107,108,109,110,112,113,114,115,116,117,118,121)/p+1/t56-,57+,67-,68-,69-,70+,72-,79-,80-,89-/m0/s1. The zero-order chi connectivity index (χ0) is 89.9. The molecule has 10 atom stereocenters. The van der Waals surface area contributed by atoms with Gasteiger partial charge in [-0.3, -0.25) is 67.1 Å². The van der Waals surface area contributed by atoms with E-state index < -0.39 is 156 Å². The van der Waals surface area contributed by atoms with Gasteiger partial charge in [-0.1, -0.05) is 73.5 Å². The Morgan fingerprint density at radius 3 is 2.11 bits per heavy atom. The number of carbonyl (C=O) groups is 14. The average molecular weight is 1740 g/mol. The summed E-state index contributed by atoms with van der Waals surface area (Å²) in [6.45, 7) is 5.60. The van der Waals surface area contributed by atoms with Crippen molar-refractivity contribution in [1.82, 2.24) is 72.4 Å². The summed E-state index contributed by atoms with van der Waals surface area (Å²) in [6.07, 6.45) is 0.446. The number of aryl methyl sites for hydroxylation is 1. The Morgan fingerprint density at radius 2 is 1.37 bits per heavy atom. The average Bonchev–Trinajstić information content (AvgIpc) is 1.64. The third-order valence-electron chi connectivity index (χ3n) is 23.5. The number of methoxy groups -OCH3 is 1. The zero-order valence-corrected chi connectivity index (χ0v) is 72.1. The van der Waals surface area contributed by atoms with E-state index in [1.165, 1.54) is 38.0 Å². The maximum absolute atomic E-state index is 16.3. The topological polar surface area (TPSA) is 451 Å². The number of rotatable bonds is 22. The summed E-state index contributed by atoms with van der Waals surface area (Å²) < 4.78 is 41.6. The molecule has 7 heterocycles. The SMILES string of the molecule is COc1ccc(C[C@@H]2NC(=O)[C@H]([C@@H](C)O)NC(=O)[C@@H]3[C@@H]4CCN3C(=O)[C@@H]3Cc5cn(c6ccc(F)cc56)CCCCCCN(Cc5ccc(cc5)CCNC(=O)[C@]5(C)CCCN5C2=O)C(=O)CCC(=O)N[C@@H](C)C(=O)N[C@H](CNC(=O)CCOCCOCC[N+](C)(C)CCNC(=O)CCCC(=O)O)C(=O)N[C@@H](Cc2cccc(c2)CNC(=O)CO4)C(=O)N3)cc1. The van der Waals surface area contributed by atoms with E-state index in [4.69, 9.17) is 24.1 Å². The number of likely N-dealkylation sites (N-methyl/N-ethyl adjacent to an activating group) is 1. The predicted molar refractivity (Wildman–Crippen MR) is 454 cm³/mol. The zero-order valence-electron chi connectivity index (χ0n) is 72.1. The number of ether oxygens (including phenoxy) is 4. The lowest BCUT2D eigenvalue weighted by molar-refractivity contribution is -0.889. The van der Waals surface area contributed by atoms with Crippen molar-refractivity contribution in [3.05, 3.63) is 136 Å². The van der Waals surface area contributed by atoms with Gasteiger partial charge < -0.3 is 106 Å². The van der Waals surface area contributed by atoms with Crippen LogP contribution in [-0.2, 0) is 127 Å². The number of hydrogen-bond acceptors (Lipinski definition) is 19. The summed E-state index contributed by atoms with van der Waals surface area (Å²) in [6, 6.07) is 13.4. The number of amides is 13. The van der Waals surface area contributed by atoms with Gasteiger partial charge in [-0.05, 0) is 129 Å². The minimum atomic E-state index is -1.88. The molecule has 13 amide bonds. The molecule has 6 aliphatic rings. The number of carboxylic acids is 1. The number of nitrogens with zero attached hydrogens (tertiary/aromatic N) is 5. The number of aliphatic hydroxyl groups excluding tert-OH is 1. The third-order valence-corrected chi connectivity index (χ3v) is 23.5. The number of aliphatic carboxylic acids is 1. The fraction of sp³-hybridized carbons (Fsp3) is 0.551. The van der Waals surface area contributed by atoms with E-state index in [1.807, 2.05) is 42.9 Å². The molecular formula is C89H121FN15O20+. The summed E-state index contributed by atoms with van der Waals surface area (Å²) in [4.78, 5) is 206. The molecule has 0 unspecified atom stereocenters. The summed E-state index contributed by atoms with van der Waals surface area (Å²) in [5.41, 5.74) is 2.56. The van der Waals surface area contributed by atoms with Crippen LogP contribution in [-0.4, -0.2) is 283 Å². The molecule has 6 aliphatic heterocycles. The van der Waals surface area contributed by atoms with Gasteiger partial charge in [0, 0.05) is 121 Å². The number of halogens is 1. The smallest absolute Gasteiger partial charge is 0.303 e. The first-order chi connectivity index (χ1) is 59.8. The molecule has 0 aliphatic carbocycles. The number of aromatic nitrogens is 1. The molecule has 0 radical (unpaired) electrons. The van der Waals surface area contributed by atoms with Gasteiger partial charge in [0.05, 0.1) is 72.9 Å². The Morgan fingerprint density at radius 1 is 0.656 bits per heavy atom. The lowest BCUT2D eigenvalue weighted by atomic mass is 9.95. The Balaban J connectivity index is 0.997. The van der Waals surface area contributed by atoms with E-state index in [9.17, 15) is 43.5 Å². The molecule has 1 aromatic heterocycles. The van der Waals surface area contributed by atoms with Crippen molar-refractivity contribution in [2.45, 2.75) is 210 Å². The van der Waals surface area contributed by atoms with Gasteiger partial charge in [0.2, 0.25) is 76.8 Å². The van der Waals surface area contributed by atoms with Crippen molar-refractivity contribution < 1.29 is 105 Å². The highest BCUT2D eigenvalue weighted by Gasteiger charge is 2.50. The summed E-state index contributed by atoms with van der Waals surface area (Å²) >= 11 is 0. The Hall–Kier alpha value is -11.5. The Kier molecular flexibility index (Phi) is 35.2. The van der Waals surface area contributed by atoms with Crippen LogP contribution in [0.1, 0.15) is 138 Å². The molecule has 4 aromatic carbocycles. The molecule has 5 aromatic rings. The van der Waals surface area contributed by atoms with Gasteiger partial charge in [0.15, 0.2) is 0 Å². The van der Waals surface area contributed by atoms with E-state index in [0.29, 0.717) is 115 Å². The molecule has 36 heteroatoms. The monoisotopic (exact) mass is 1740 g/mol. The molecule has 0 spiro atoms. The number of fused-ring (bicyclic) bond motifs is 16. The molecule has 678 valence electrons. The molecule has 11 rings (SSSR count). The van der Waals surface area contributed by atoms with Crippen LogP contribution in [0.2, 0.25) is 0 Å². The number of benzene rings is 4. The minimum Gasteiger partial charge on any atom is -0.497 e. The van der Waals surface area contributed by atoms with E-state index >= 15 is 33.2 Å². The van der Waals surface area contributed by atoms with Crippen LogP contribution < -0.4 is 57.9 Å². The molecule has 2 fully saturated rings.